The van der Waals surface area contributed by atoms with Crippen LogP contribution in [0.3, 0.4) is 0 Å². The molecule has 0 unspecified atom stereocenters. The summed E-state index contributed by atoms with van der Waals surface area (Å²) in [7, 11) is 0. The molecule has 1 heterocycles. The van der Waals surface area contributed by atoms with Gasteiger partial charge in [-0.2, -0.15) is 0 Å². The van der Waals surface area contributed by atoms with Gasteiger partial charge in [0.2, 0.25) is 5.91 Å². The van der Waals surface area contributed by atoms with Crippen LogP contribution in [0.4, 0.5) is 0 Å². The van der Waals surface area contributed by atoms with Crippen LogP contribution in [0.15, 0.2) is 29.3 Å². The maximum atomic E-state index is 12.1. The van der Waals surface area contributed by atoms with E-state index >= 15 is 0 Å². The Hall–Kier alpha value is -1.06. The van der Waals surface area contributed by atoms with E-state index in [1.165, 1.54) is 0 Å². The molecule has 1 fully saturated rings. The third kappa shape index (κ3) is 8.30. The summed E-state index contributed by atoms with van der Waals surface area (Å²) in [6, 6.07) is 8.00. The first-order chi connectivity index (χ1) is 13.3. The summed E-state index contributed by atoms with van der Waals surface area (Å²) < 4.78 is 5.60. The number of hydrogen-bond acceptors (Lipinski definition) is 3. The van der Waals surface area contributed by atoms with Crippen molar-refractivity contribution in [2.45, 2.75) is 51.5 Å². The summed E-state index contributed by atoms with van der Waals surface area (Å²) in [6.07, 6.45) is 1.77. The quantitative estimate of drug-likeness (QED) is 0.296. The van der Waals surface area contributed by atoms with Crippen molar-refractivity contribution in [1.29, 1.82) is 0 Å². The predicted octanol–water partition coefficient (Wildman–Crippen LogP) is 3.48. The van der Waals surface area contributed by atoms with Crippen LogP contribution in [0.2, 0.25) is 5.02 Å². The molecule has 0 aliphatic carbocycles. The highest BCUT2D eigenvalue weighted by Gasteiger charge is 2.36. The van der Waals surface area contributed by atoms with E-state index in [0.717, 1.165) is 30.0 Å². The van der Waals surface area contributed by atoms with Crippen molar-refractivity contribution in [1.82, 2.24) is 16.0 Å². The Labute approximate surface area is 196 Å². The second kappa shape index (κ2) is 12.0. The number of guanidine groups is 1. The molecule has 1 aromatic rings. The van der Waals surface area contributed by atoms with Crippen LogP contribution in [0.5, 0.6) is 0 Å². The first-order valence-corrected chi connectivity index (χ1v) is 10.3. The minimum atomic E-state index is -0.269. The molecule has 0 aromatic heterocycles. The average Bonchev–Trinajstić information content (AvgIpc) is 2.64. The second-order valence-electron chi connectivity index (χ2n) is 8.22. The third-order valence-corrected chi connectivity index (χ3v) is 5.06. The normalized spacial score (nSPS) is 16.5. The number of benzene rings is 1. The Bertz CT molecular complexity index is 686. The second-order valence-corrected chi connectivity index (χ2v) is 8.63. The van der Waals surface area contributed by atoms with Gasteiger partial charge >= 0.3 is 0 Å². The fourth-order valence-corrected chi connectivity index (χ4v) is 3.73. The number of rotatable bonds is 6. The highest BCUT2D eigenvalue weighted by molar-refractivity contribution is 14.0. The molecule has 1 aliphatic heterocycles. The summed E-state index contributed by atoms with van der Waals surface area (Å²) in [5, 5.41) is 10.3. The number of aliphatic imine (C=N–C) groups is 1. The number of amides is 1. The van der Waals surface area contributed by atoms with Gasteiger partial charge in [-0.1, -0.05) is 29.8 Å². The van der Waals surface area contributed by atoms with Crippen LogP contribution >= 0.6 is 35.6 Å². The summed E-state index contributed by atoms with van der Waals surface area (Å²) in [5.74, 6) is 0.529. The summed E-state index contributed by atoms with van der Waals surface area (Å²) in [5.41, 5.74) is 0.739. The Morgan fingerprint density at radius 3 is 2.45 bits per heavy atom. The SMILES string of the molecule is CCNC(=NCC(=O)NC(C)(C)C)NCC1(c2ccccc2Cl)CCOCC1.I. The van der Waals surface area contributed by atoms with Gasteiger partial charge in [-0.25, -0.2) is 4.99 Å². The van der Waals surface area contributed by atoms with E-state index in [4.69, 9.17) is 16.3 Å². The molecule has 6 nitrogen and oxygen atoms in total. The molecular formula is C21H34ClIN4O2. The summed E-state index contributed by atoms with van der Waals surface area (Å²) in [4.78, 5) is 16.5. The van der Waals surface area contributed by atoms with Crippen molar-refractivity contribution in [3.8, 4) is 0 Å². The molecular weight excluding hydrogens is 503 g/mol. The Kier molecular flexibility index (Phi) is 10.7. The number of halogens is 2. The van der Waals surface area contributed by atoms with Gasteiger partial charge in [-0.15, -0.1) is 24.0 Å². The van der Waals surface area contributed by atoms with Crippen molar-refractivity contribution < 1.29 is 9.53 Å². The van der Waals surface area contributed by atoms with Gasteiger partial charge in [0.05, 0.1) is 0 Å². The molecule has 1 amide bonds. The van der Waals surface area contributed by atoms with Crippen LogP contribution in [-0.4, -0.2) is 50.3 Å². The van der Waals surface area contributed by atoms with Crippen LogP contribution in [0.25, 0.3) is 0 Å². The largest absolute Gasteiger partial charge is 0.381 e. The maximum absolute atomic E-state index is 12.1. The lowest BCUT2D eigenvalue weighted by Gasteiger charge is -2.38. The van der Waals surface area contributed by atoms with Crippen molar-refractivity contribution in [3.05, 3.63) is 34.9 Å². The molecule has 0 radical (unpaired) electrons. The lowest BCUT2D eigenvalue weighted by Crippen LogP contribution is -2.48. The maximum Gasteiger partial charge on any atom is 0.242 e. The number of hydrogen-bond donors (Lipinski definition) is 3. The number of carbonyl (C=O) groups excluding carboxylic acids is 1. The van der Waals surface area contributed by atoms with Crippen molar-refractivity contribution >= 4 is 47.4 Å². The summed E-state index contributed by atoms with van der Waals surface area (Å²) in [6.45, 7) is 10.7. The van der Waals surface area contributed by atoms with E-state index in [9.17, 15) is 4.79 Å². The summed E-state index contributed by atoms with van der Waals surface area (Å²) >= 11 is 6.52. The molecule has 1 aliphatic rings. The predicted molar refractivity (Wildman–Crippen MR) is 130 cm³/mol. The topological polar surface area (TPSA) is 74.8 Å². The van der Waals surface area contributed by atoms with E-state index in [1.54, 1.807) is 0 Å². The zero-order chi connectivity index (χ0) is 20.6. The minimum Gasteiger partial charge on any atom is -0.381 e. The van der Waals surface area contributed by atoms with Crippen LogP contribution < -0.4 is 16.0 Å². The van der Waals surface area contributed by atoms with Crippen molar-refractivity contribution in [2.24, 2.45) is 4.99 Å². The number of nitrogens with zero attached hydrogens (tertiary/aromatic N) is 1. The fraction of sp³-hybridized carbons (Fsp3) is 0.619. The Morgan fingerprint density at radius 1 is 1.21 bits per heavy atom. The average molecular weight is 537 g/mol. The molecule has 164 valence electrons. The highest BCUT2D eigenvalue weighted by atomic mass is 127. The first kappa shape index (κ1) is 26.0. The molecule has 1 aromatic carbocycles. The monoisotopic (exact) mass is 536 g/mol. The fourth-order valence-electron chi connectivity index (χ4n) is 3.40. The van der Waals surface area contributed by atoms with Gasteiger partial charge in [0, 0.05) is 42.3 Å². The van der Waals surface area contributed by atoms with Gasteiger partial charge in [0.25, 0.3) is 0 Å². The van der Waals surface area contributed by atoms with Crippen LogP contribution in [0.1, 0.15) is 46.1 Å². The molecule has 1 saturated heterocycles. The van der Waals surface area contributed by atoms with E-state index in [1.807, 2.05) is 45.9 Å². The standard InChI is InChI=1S/C21H33ClN4O2.HI/c1-5-23-19(24-14-18(27)26-20(2,3)4)25-15-21(10-12-28-13-11-21)16-8-6-7-9-17(16)22;/h6-9H,5,10-15H2,1-4H3,(H,26,27)(H2,23,24,25);1H. The molecule has 0 saturated carbocycles. The van der Waals surface area contributed by atoms with Crippen molar-refractivity contribution in [3.63, 3.8) is 0 Å². The molecule has 29 heavy (non-hydrogen) atoms. The van der Waals surface area contributed by atoms with E-state index < -0.39 is 0 Å². The van der Waals surface area contributed by atoms with Gasteiger partial charge in [0.1, 0.15) is 6.54 Å². The Morgan fingerprint density at radius 2 is 1.86 bits per heavy atom. The Balaban J connectivity index is 0.00000420. The molecule has 8 heteroatoms. The van der Waals surface area contributed by atoms with E-state index in [0.29, 0.717) is 25.7 Å². The number of nitrogens with one attached hydrogen (secondary N) is 3. The molecule has 0 spiro atoms. The number of ether oxygens (including phenoxy) is 1. The van der Waals surface area contributed by atoms with Crippen LogP contribution in [-0.2, 0) is 14.9 Å². The smallest absolute Gasteiger partial charge is 0.242 e. The molecule has 2 rings (SSSR count). The molecule has 3 N–H and O–H groups in total. The highest BCUT2D eigenvalue weighted by Crippen LogP contribution is 2.38. The third-order valence-electron chi connectivity index (χ3n) is 4.73. The molecule has 0 atom stereocenters. The lowest BCUT2D eigenvalue weighted by atomic mass is 9.74. The minimum absolute atomic E-state index is 0. The van der Waals surface area contributed by atoms with E-state index in [-0.39, 0.29) is 47.4 Å². The first-order valence-electron chi connectivity index (χ1n) is 9.92. The van der Waals surface area contributed by atoms with E-state index in [2.05, 4.69) is 27.0 Å². The number of carbonyl (C=O) groups is 1. The van der Waals surface area contributed by atoms with Crippen molar-refractivity contribution in [2.75, 3.05) is 32.8 Å². The van der Waals surface area contributed by atoms with Gasteiger partial charge in [-0.3, -0.25) is 4.79 Å². The lowest BCUT2D eigenvalue weighted by molar-refractivity contribution is -0.121. The zero-order valence-corrected chi connectivity index (χ0v) is 20.9. The van der Waals surface area contributed by atoms with Gasteiger partial charge in [0.15, 0.2) is 5.96 Å². The van der Waals surface area contributed by atoms with Gasteiger partial charge < -0.3 is 20.7 Å². The van der Waals surface area contributed by atoms with Crippen LogP contribution in [0, 0.1) is 0 Å². The zero-order valence-electron chi connectivity index (χ0n) is 17.8. The molecule has 0 bridgehead atoms. The van der Waals surface area contributed by atoms with Gasteiger partial charge in [-0.05, 0) is 52.2 Å².